The van der Waals surface area contributed by atoms with Gasteiger partial charge in [-0.05, 0) is 62.8 Å². The molecular weight excluding hydrogens is 514 g/mol. The van der Waals surface area contributed by atoms with Crippen LogP contribution in [0, 0.1) is 0 Å². The molecule has 3 aromatic carbocycles. The van der Waals surface area contributed by atoms with Crippen LogP contribution in [0.4, 0.5) is 0 Å². The molecule has 0 saturated heterocycles. The average molecular weight is 538 g/mol. The van der Waals surface area contributed by atoms with Crippen molar-refractivity contribution in [3.8, 4) is 28.9 Å². The molecule has 11 nitrogen and oxygen atoms in total. The molecule has 190 valence electrons. The van der Waals surface area contributed by atoms with Crippen molar-refractivity contribution in [1.82, 2.24) is 45.7 Å². The van der Waals surface area contributed by atoms with Gasteiger partial charge >= 0.3 is 6.01 Å². The molecule has 0 saturated carbocycles. The Hall–Kier alpha value is -4.00. The van der Waals surface area contributed by atoms with Gasteiger partial charge in [-0.3, -0.25) is 0 Å². The van der Waals surface area contributed by atoms with Crippen LogP contribution in [0.3, 0.4) is 0 Å². The topological polar surface area (TPSA) is 118 Å². The largest absolute Gasteiger partial charge is 0.493 e. The number of rotatable bonds is 11. The summed E-state index contributed by atoms with van der Waals surface area (Å²) in [4.78, 5) is 0. The Labute approximate surface area is 223 Å². The summed E-state index contributed by atoms with van der Waals surface area (Å²) in [6, 6.07) is 25.4. The summed E-state index contributed by atoms with van der Waals surface area (Å²) in [5.74, 6) is 1.93. The molecule has 0 amide bonds. The maximum Gasteiger partial charge on any atom is 0.346 e. The third-order valence-electron chi connectivity index (χ3n) is 5.15. The van der Waals surface area contributed by atoms with Crippen LogP contribution in [0.25, 0.3) is 11.4 Å². The van der Waals surface area contributed by atoms with E-state index in [9.17, 15) is 0 Å². The second kappa shape index (κ2) is 12.8. The monoisotopic (exact) mass is 537 g/mol. The molecule has 0 fully saturated rings. The molecule has 0 atom stereocenters. The Morgan fingerprint density at radius 2 is 1.49 bits per heavy atom. The van der Waals surface area contributed by atoms with Gasteiger partial charge in [0.25, 0.3) is 0 Å². The number of ether oxygens (including phenoxy) is 2. The maximum absolute atomic E-state index is 5.97. The van der Waals surface area contributed by atoms with E-state index < -0.39 is 0 Å². The first-order chi connectivity index (χ1) is 17.8. The van der Waals surface area contributed by atoms with Gasteiger partial charge in [-0.15, -0.1) is 17.5 Å². The lowest BCUT2D eigenvalue weighted by atomic mass is 10.2. The number of hydrogen-bond donors (Lipinski definition) is 1. The molecule has 0 aliphatic rings. The van der Waals surface area contributed by atoms with Crippen LogP contribution < -0.4 is 14.8 Å². The van der Waals surface area contributed by atoms with Gasteiger partial charge in [0.2, 0.25) is 5.16 Å². The quantitative estimate of drug-likeness (QED) is 0.197. The zero-order valence-electron chi connectivity index (χ0n) is 19.8. The van der Waals surface area contributed by atoms with E-state index in [1.165, 1.54) is 4.68 Å². The smallest absolute Gasteiger partial charge is 0.346 e. The van der Waals surface area contributed by atoms with Gasteiger partial charge in [0, 0.05) is 18.8 Å². The Bertz CT molecular complexity index is 1400. The summed E-state index contributed by atoms with van der Waals surface area (Å²) in [7, 11) is 1.60. The van der Waals surface area contributed by atoms with Gasteiger partial charge in [0.15, 0.2) is 11.5 Å². The van der Waals surface area contributed by atoms with E-state index >= 15 is 0 Å². The first-order valence-electron chi connectivity index (χ1n) is 11.2. The summed E-state index contributed by atoms with van der Waals surface area (Å²) in [6.07, 6.45) is 0. The van der Waals surface area contributed by atoms with Crippen LogP contribution in [-0.2, 0) is 6.54 Å². The Balaban J connectivity index is 0.00000320. The molecule has 5 rings (SSSR count). The van der Waals surface area contributed by atoms with Crippen LogP contribution in [0.1, 0.15) is 5.56 Å². The van der Waals surface area contributed by atoms with Crippen LogP contribution in [0.2, 0.25) is 0 Å². The Morgan fingerprint density at radius 1 is 0.811 bits per heavy atom. The number of nitrogens with one attached hydrogen (secondary N) is 1. The summed E-state index contributed by atoms with van der Waals surface area (Å²) in [6.45, 7) is 1.45. The molecule has 0 spiro atoms. The number of hydrogen-bond acceptors (Lipinski definition) is 10. The number of methoxy groups -OCH3 is 1. The Morgan fingerprint density at radius 3 is 2.22 bits per heavy atom. The molecule has 0 unspecified atom stereocenters. The number of aromatic nitrogens is 8. The van der Waals surface area contributed by atoms with Crippen molar-refractivity contribution >= 4 is 24.2 Å². The maximum atomic E-state index is 5.97. The lowest BCUT2D eigenvalue weighted by Crippen LogP contribution is -2.17. The van der Waals surface area contributed by atoms with Gasteiger partial charge in [-0.2, -0.15) is 9.36 Å². The Kier molecular flexibility index (Phi) is 9.03. The van der Waals surface area contributed by atoms with Gasteiger partial charge in [-0.25, -0.2) is 0 Å². The first-order valence-corrected chi connectivity index (χ1v) is 12.2. The predicted octanol–water partition coefficient (Wildman–Crippen LogP) is 3.74. The van der Waals surface area contributed by atoms with Gasteiger partial charge in [0.05, 0.1) is 18.5 Å². The number of thioether (sulfide) groups is 1. The van der Waals surface area contributed by atoms with Crippen molar-refractivity contribution < 1.29 is 9.47 Å². The fourth-order valence-corrected chi connectivity index (χ4v) is 4.21. The van der Waals surface area contributed by atoms with E-state index in [0.29, 0.717) is 18.0 Å². The molecular formula is C24H24ClN9O2S. The molecule has 37 heavy (non-hydrogen) atoms. The zero-order valence-corrected chi connectivity index (χ0v) is 21.5. The number of para-hydroxylation sites is 2. The van der Waals surface area contributed by atoms with E-state index in [1.54, 1.807) is 23.6 Å². The summed E-state index contributed by atoms with van der Waals surface area (Å²) in [5, 5.41) is 28.0. The highest BCUT2D eigenvalue weighted by atomic mass is 35.5. The summed E-state index contributed by atoms with van der Waals surface area (Å²) < 4.78 is 14.8. The molecule has 2 heterocycles. The normalized spacial score (nSPS) is 10.6. The van der Waals surface area contributed by atoms with Gasteiger partial charge < -0.3 is 14.8 Å². The number of halogens is 1. The molecule has 0 radical (unpaired) electrons. The van der Waals surface area contributed by atoms with E-state index in [-0.39, 0.29) is 18.4 Å². The minimum atomic E-state index is 0. The van der Waals surface area contributed by atoms with Crippen molar-refractivity contribution in [3.05, 3.63) is 84.4 Å². The highest BCUT2D eigenvalue weighted by Gasteiger charge is 2.14. The van der Waals surface area contributed by atoms with Crippen molar-refractivity contribution in [3.63, 3.8) is 0 Å². The third kappa shape index (κ3) is 6.42. The number of tetrazole rings is 2. The number of benzene rings is 3. The molecule has 0 aliphatic heterocycles. The molecule has 13 heteroatoms. The van der Waals surface area contributed by atoms with Crippen molar-refractivity contribution in [1.29, 1.82) is 0 Å². The van der Waals surface area contributed by atoms with Crippen LogP contribution >= 0.6 is 24.2 Å². The average Bonchev–Trinajstić information content (AvgIpc) is 3.60. The molecule has 0 aliphatic carbocycles. The fourth-order valence-electron chi connectivity index (χ4n) is 3.43. The standard InChI is InChI=1S/C24H23N9O2S.ClH/c1-34-22-16-18(12-13-21(22)35-23-26-28-30-32(23)19-8-4-2-5-9-19)17-25-14-15-36-24-27-29-31-33(24)20-10-6-3-7-11-20;/h2-13,16,25H,14-15,17H2,1H3;1H. The van der Waals surface area contributed by atoms with Crippen LogP contribution in [-0.4, -0.2) is 59.8 Å². The van der Waals surface area contributed by atoms with Gasteiger partial charge in [-0.1, -0.05) is 59.3 Å². The van der Waals surface area contributed by atoms with Crippen LogP contribution in [0.5, 0.6) is 17.5 Å². The SMILES string of the molecule is COc1cc(CNCCSc2nnnn2-c2ccccc2)ccc1Oc1nnnn1-c1ccccc1.Cl. The molecule has 1 N–H and O–H groups in total. The molecule has 2 aromatic heterocycles. The highest BCUT2D eigenvalue weighted by molar-refractivity contribution is 7.99. The highest BCUT2D eigenvalue weighted by Crippen LogP contribution is 2.32. The third-order valence-corrected chi connectivity index (χ3v) is 6.07. The van der Waals surface area contributed by atoms with E-state index in [1.807, 2.05) is 78.9 Å². The zero-order chi connectivity index (χ0) is 24.6. The predicted molar refractivity (Wildman–Crippen MR) is 141 cm³/mol. The second-order valence-corrected chi connectivity index (χ2v) is 8.59. The van der Waals surface area contributed by atoms with E-state index in [0.717, 1.165) is 34.4 Å². The van der Waals surface area contributed by atoms with Crippen LogP contribution in [0.15, 0.2) is 84.0 Å². The minimum absolute atomic E-state index is 0. The van der Waals surface area contributed by atoms with Crippen molar-refractivity contribution in [2.75, 3.05) is 19.4 Å². The van der Waals surface area contributed by atoms with Gasteiger partial charge in [0.1, 0.15) is 0 Å². The minimum Gasteiger partial charge on any atom is -0.493 e. The second-order valence-electron chi connectivity index (χ2n) is 7.53. The first kappa shape index (κ1) is 26.1. The molecule has 5 aromatic rings. The van der Waals surface area contributed by atoms with E-state index in [2.05, 4.69) is 36.4 Å². The molecule has 0 bridgehead atoms. The lowest BCUT2D eigenvalue weighted by molar-refractivity contribution is 0.362. The fraction of sp³-hybridized carbons (Fsp3) is 0.167. The van der Waals surface area contributed by atoms with E-state index in [4.69, 9.17) is 9.47 Å². The van der Waals surface area contributed by atoms with Crippen molar-refractivity contribution in [2.45, 2.75) is 11.7 Å². The summed E-state index contributed by atoms with van der Waals surface area (Å²) >= 11 is 1.59. The lowest BCUT2D eigenvalue weighted by Gasteiger charge is -2.12. The van der Waals surface area contributed by atoms with Crippen molar-refractivity contribution in [2.24, 2.45) is 0 Å². The summed E-state index contributed by atoms with van der Waals surface area (Å²) in [5.41, 5.74) is 2.79. The number of nitrogens with zero attached hydrogens (tertiary/aromatic N) is 8.